The number of piperazine rings is 1. The predicted molar refractivity (Wildman–Crippen MR) is 116 cm³/mol. The zero-order chi connectivity index (χ0) is 20.7. The van der Waals surface area contributed by atoms with Gasteiger partial charge in [-0.3, -0.25) is 0 Å². The molecule has 2 heterocycles. The van der Waals surface area contributed by atoms with E-state index in [9.17, 15) is 5.11 Å². The van der Waals surface area contributed by atoms with Crippen molar-refractivity contribution >= 4 is 27.5 Å². The Kier molecular flexibility index (Phi) is 4.59. The van der Waals surface area contributed by atoms with Crippen LogP contribution in [0.4, 0.5) is 10.2 Å². The Labute approximate surface area is 172 Å². The van der Waals surface area contributed by atoms with E-state index in [2.05, 4.69) is 20.2 Å². The third-order valence-corrected chi connectivity index (χ3v) is 5.50. The van der Waals surface area contributed by atoms with Crippen LogP contribution in [0.1, 0.15) is 0 Å². The molecule has 30 heavy (non-hydrogen) atoms. The van der Waals surface area contributed by atoms with Gasteiger partial charge in [-0.25, -0.2) is 4.39 Å². The van der Waals surface area contributed by atoms with Crippen LogP contribution in [0.2, 0.25) is 0 Å². The molecule has 152 valence electrons. The summed E-state index contributed by atoms with van der Waals surface area (Å²) < 4.78 is 21.1. The van der Waals surface area contributed by atoms with Crippen LogP contribution >= 0.6 is 0 Å². The van der Waals surface area contributed by atoms with Gasteiger partial charge in [-0.1, -0.05) is 30.3 Å². The molecule has 5 rings (SSSR count). The molecule has 1 aliphatic rings. The highest BCUT2D eigenvalue weighted by Crippen LogP contribution is 2.38. The van der Waals surface area contributed by atoms with Crippen LogP contribution in [-0.4, -0.2) is 48.4 Å². The lowest BCUT2D eigenvalue weighted by molar-refractivity contribution is 0.381. The molecule has 0 amide bonds. The van der Waals surface area contributed by atoms with Gasteiger partial charge in [0.05, 0.1) is 7.11 Å². The van der Waals surface area contributed by atoms with E-state index in [1.165, 1.54) is 7.11 Å². The number of benzene rings is 3. The van der Waals surface area contributed by atoms with E-state index in [1.807, 2.05) is 30.3 Å². The van der Waals surface area contributed by atoms with Gasteiger partial charge in [-0.2, -0.15) is 9.97 Å². The molecule has 4 aromatic rings. The summed E-state index contributed by atoms with van der Waals surface area (Å²) in [7, 11) is 1.48. The summed E-state index contributed by atoms with van der Waals surface area (Å²) in [6.07, 6.45) is 0. The van der Waals surface area contributed by atoms with Crippen molar-refractivity contribution in [3.8, 4) is 22.9 Å². The lowest BCUT2D eigenvalue weighted by atomic mass is 9.96. The quantitative estimate of drug-likeness (QED) is 0.543. The number of ether oxygens (including phenoxy) is 1. The molecule has 0 bridgehead atoms. The fourth-order valence-electron chi connectivity index (χ4n) is 4.06. The number of rotatable bonds is 3. The first kappa shape index (κ1) is 18.6. The number of halogens is 1. The van der Waals surface area contributed by atoms with E-state index < -0.39 is 5.82 Å². The topological polar surface area (TPSA) is 70.5 Å². The molecular weight excluding hydrogens is 383 g/mol. The second-order valence-electron chi connectivity index (χ2n) is 7.31. The number of phenols is 1. The number of aromatic nitrogens is 2. The van der Waals surface area contributed by atoms with E-state index >= 15 is 4.39 Å². The SMILES string of the molecule is COc1nc(N2CCNCC2)c2ccc(-c3cc(O)cc4ccccc34)c(F)c2n1. The first-order valence-corrected chi connectivity index (χ1v) is 9.88. The van der Waals surface area contributed by atoms with Crippen molar-refractivity contribution < 1.29 is 14.2 Å². The average Bonchev–Trinajstić information content (AvgIpc) is 2.79. The molecule has 2 N–H and O–H groups in total. The lowest BCUT2D eigenvalue weighted by Gasteiger charge is -2.29. The monoisotopic (exact) mass is 404 g/mol. The number of methoxy groups -OCH3 is 1. The second-order valence-corrected chi connectivity index (χ2v) is 7.31. The maximum atomic E-state index is 15.8. The normalized spacial score (nSPS) is 14.4. The maximum absolute atomic E-state index is 15.8. The molecule has 1 aliphatic heterocycles. The van der Waals surface area contributed by atoms with Gasteiger partial charge < -0.3 is 20.1 Å². The lowest BCUT2D eigenvalue weighted by Crippen LogP contribution is -2.44. The number of hydrogen-bond acceptors (Lipinski definition) is 6. The molecule has 3 aromatic carbocycles. The minimum Gasteiger partial charge on any atom is -0.508 e. The van der Waals surface area contributed by atoms with Crippen molar-refractivity contribution in [2.24, 2.45) is 0 Å². The molecule has 6 nitrogen and oxygen atoms in total. The van der Waals surface area contributed by atoms with Gasteiger partial charge in [0, 0.05) is 37.1 Å². The van der Waals surface area contributed by atoms with Gasteiger partial charge in [-0.05, 0) is 34.5 Å². The molecule has 1 aromatic heterocycles. The number of nitrogens with one attached hydrogen (secondary N) is 1. The fraction of sp³-hybridized carbons (Fsp3) is 0.217. The molecule has 0 spiro atoms. The summed E-state index contributed by atoms with van der Waals surface area (Å²) in [5.41, 5.74) is 1.20. The Hall–Kier alpha value is -3.45. The second kappa shape index (κ2) is 7.42. The first-order chi connectivity index (χ1) is 14.7. The summed E-state index contributed by atoms with van der Waals surface area (Å²) in [4.78, 5) is 10.9. The van der Waals surface area contributed by atoms with Crippen LogP contribution in [0.5, 0.6) is 11.8 Å². The summed E-state index contributed by atoms with van der Waals surface area (Å²) in [5.74, 6) is 0.301. The smallest absolute Gasteiger partial charge is 0.318 e. The van der Waals surface area contributed by atoms with Crippen LogP contribution in [0, 0.1) is 5.82 Å². The van der Waals surface area contributed by atoms with E-state index in [0.29, 0.717) is 22.3 Å². The van der Waals surface area contributed by atoms with Gasteiger partial charge in [-0.15, -0.1) is 0 Å². The predicted octanol–water partition coefficient (Wildman–Crippen LogP) is 3.71. The summed E-state index contributed by atoms with van der Waals surface area (Å²) in [6.45, 7) is 3.22. The van der Waals surface area contributed by atoms with E-state index in [1.54, 1.807) is 18.2 Å². The number of phenolic OH excluding ortho intramolecular Hbond substituents is 1. The molecule has 1 saturated heterocycles. The fourth-order valence-corrected chi connectivity index (χ4v) is 4.06. The molecule has 0 atom stereocenters. The largest absolute Gasteiger partial charge is 0.508 e. The first-order valence-electron chi connectivity index (χ1n) is 9.88. The van der Waals surface area contributed by atoms with Crippen molar-refractivity contribution in [2.45, 2.75) is 0 Å². The highest BCUT2D eigenvalue weighted by molar-refractivity contribution is 6.01. The van der Waals surface area contributed by atoms with Crippen molar-refractivity contribution in [1.82, 2.24) is 15.3 Å². The highest BCUT2D eigenvalue weighted by atomic mass is 19.1. The molecule has 7 heteroatoms. The molecule has 0 unspecified atom stereocenters. The zero-order valence-electron chi connectivity index (χ0n) is 16.5. The Bertz CT molecular complexity index is 1260. The number of fused-ring (bicyclic) bond motifs is 2. The third kappa shape index (κ3) is 3.07. The van der Waals surface area contributed by atoms with Crippen molar-refractivity contribution in [1.29, 1.82) is 0 Å². The molecule has 0 saturated carbocycles. The maximum Gasteiger partial charge on any atom is 0.318 e. The number of nitrogens with zero attached hydrogens (tertiary/aromatic N) is 3. The van der Waals surface area contributed by atoms with E-state index in [-0.39, 0.29) is 17.3 Å². The standard InChI is InChI=1S/C23H21FN4O2/c1-30-23-26-21-18(22(27-23)28-10-8-25-9-11-28)7-6-17(20(21)24)19-13-15(29)12-14-4-2-3-5-16(14)19/h2-7,12-13,25,29H,8-11H2,1H3. The van der Waals surface area contributed by atoms with Crippen molar-refractivity contribution in [3.63, 3.8) is 0 Å². The van der Waals surface area contributed by atoms with Gasteiger partial charge in [0.25, 0.3) is 0 Å². The third-order valence-electron chi connectivity index (χ3n) is 5.50. The van der Waals surface area contributed by atoms with E-state index in [0.717, 1.165) is 37.0 Å². The van der Waals surface area contributed by atoms with Gasteiger partial charge in [0.2, 0.25) is 0 Å². The average molecular weight is 404 g/mol. The van der Waals surface area contributed by atoms with Crippen LogP contribution in [0.15, 0.2) is 48.5 Å². The molecular formula is C23H21FN4O2. The Balaban J connectivity index is 1.76. The Morgan fingerprint density at radius 1 is 1.00 bits per heavy atom. The van der Waals surface area contributed by atoms with Gasteiger partial charge >= 0.3 is 6.01 Å². The van der Waals surface area contributed by atoms with Gasteiger partial charge in [0.15, 0.2) is 5.82 Å². The molecule has 0 radical (unpaired) electrons. The minimum atomic E-state index is -0.458. The van der Waals surface area contributed by atoms with Crippen LogP contribution < -0.4 is 15.0 Å². The van der Waals surface area contributed by atoms with Crippen LogP contribution in [0.25, 0.3) is 32.8 Å². The summed E-state index contributed by atoms with van der Waals surface area (Å²) in [6, 6.07) is 14.6. The number of hydrogen-bond donors (Lipinski definition) is 2. The minimum absolute atomic E-state index is 0.0879. The van der Waals surface area contributed by atoms with Crippen LogP contribution in [0.3, 0.4) is 0 Å². The zero-order valence-corrected chi connectivity index (χ0v) is 16.5. The summed E-state index contributed by atoms with van der Waals surface area (Å²) in [5, 5.41) is 15.8. The highest BCUT2D eigenvalue weighted by Gasteiger charge is 2.21. The molecule has 0 aliphatic carbocycles. The van der Waals surface area contributed by atoms with E-state index in [4.69, 9.17) is 4.74 Å². The number of anilines is 1. The summed E-state index contributed by atoms with van der Waals surface area (Å²) >= 11 is 0. The Morgan fingerprint density at radius 3 is 2.60 bits per heavy atom. The molecule has 1 fully saturated rings. The van der Waals surface area contributed by atoms with Crippen molar-refractivity contribution in [2.75, 3.05) is 38.2 Å². The number of aromatic hydroxyl groups is 1. The van der Waals surface area contributed by atoms with Crippen molar-refractivity contribution in [3.05, 3.63) is 54.3 Å². The van der Waals surface area contributed by atoms with Crippen LogP contribution in [-0.2, 0) is 0 Å². The Morgan fingerprint density at radius 2 is 1.80 bits per heavy atom. The van der Waals surface area contributed by atoms with Gasteiger partial charge in [0.1, 0.15) is 17.1 Å².